The van der Waals surface area contributed by atoms with Gasteiger partial charge >= 0.3 is 12.0 Å². The van der Waals surface area contributed by atoms with E-state index in [4.69, 9.17) is 5.73 Å². The molecule has 0 bridgehead atoms. The summed E-state index contributed by atoms with van der Waals surface area (Å²) in [5.41, 5.74) is 5.36. The number of carbonyl (C=O) groups excluding carboxylic acids is 3. The molecule has 4 aliphatic rings. The fourth-order valence-corrected chi connectivity index (χ4v) is 7.00. The smallest absolute Gasteiger partial charge is 0.353 e. The van der Waals surface area contributed by atoms with Crippen molar-refractivity contribution in [3.8, 4) is 0 Å². The minimum atomic E-state index is -1.15. The summed E-state index contributed by atoms with van der Waals surface area (Å²) in [4.78, 5) is 54.3. The Kier molecular flexibility index (Phi) is 6.36. The van der Waals surface area contributed by atoms with Crippen LogP contribution in [0.2, 0.25) is 0 Å². The number of thioether (sulfide) groups is 1. The summed E-state index contributed by atoms with van der Waals surface area (Å²) in [6, 6.07) is -1.37. The number of piperazine rings is 1. The Morgan fingerprint density at radius 3 is 2.52 bits per heavy atom. The van der Waals surface area contributed by atoms with E-state index in [2.05, 4.69) is 5.32 Å². The lowest BCUT2D eigenvalue weighted by Crippen LogP contribution is -2.63. The average Bonchev–Trinajstić information content (AvgIpc) is 3.29. The van der Waals surface area contributed by atoms with Crippen LogP contribution >= 0.6 is 11.8 Å². The fourth-order valence-electron chi connectivity index (χ4n) is 5.52. The molecule has 3 saturated heterocycles. The van der Waals surface area contributed by atoms with E-state index < -0.39 is 24.0 Å². The summed E-state index contributed by atoms with van der Waals surface area (Å²) in [6.07, 6.45) is -0.304. The number of primary amides is 1. The van der Waals surface area contributed by atoms with Crippen LogP contribution in [0.3, 0.4) is 0 Å². The van der Waals surface area contributed by atoms with Gasteiger partial charge in [-0.05, 0) is 20.3 Å². The molecule has 0 aromatic heterocycles. The third-order valence-corrected chi connectivity index (χ3v) is 8.73. The number of carboxylic acid groups (broad SMARTS) is 1. The lowest BCUT2D eigenvalue weighted by atomic mass is 9.79. The molecule has 0 radical (unpaired) electrons. The molecule has 4 amide bonds. The molecule has 0 spiro atoms. The molecule has 4 rings (SSSR count). The molecule has 11 nitrogen and oxygen atoms in total. The van der Waals surface area contributed by atoms with Gasteiger partial charge in [0.1, 0.15) is 5.70 Å². The number of urea groups is 1. The largest absolute Gasteiger partial charge is 0.477 e. The maximum absolute atomic E-state index is 13.1. The highest BCUT2D eigenvalue weighted by molar-refractivity contribution is 8.03. The quantitative estimate of drug-likeness (QED) is 0.372. The van der Waals surface area contributed by atoms with Gasteiger partial charge < -0.3 is 36.0 Å². The zero-order valence-electron chi connectivity index (χ0n) is 18.9. The summed E-state index contributed by atoms with van der Waals surface area (Å²) < 4.78 is 0. The highest BCUT2D eigenvalue weighted by Crippen LogP contribution is 2.51. The number of nitrogens with one attached hydrogen (secondary N) is 1. The molecule has 0 aliphatic carbocycles. The standard InChI is InChI=1S/C21H31N5O6S/c1-9-8-24(21(22)32)4-5-25(9)18(28)13-6-12(7-23-13)33-17-10(2)15-14(11(3)27)19(29)26(15)16(17)20(30)31/h9-15,23,27H,4-8H2,1-3H3,(H2,22,32)(H,30,31)/t9?,10-,11-,12+,13+,14-,15-/m1/s1. The van der Waals surface area contributed by atoms with E-state index in [1.807, 2.05) is 13.8 Å². The van der Waals surface area contributed by atoms with Crippen molar-refractivity contribution in [2.75, 3.05) is 26.2 Å². The number of rotatable bonds is 5. The van der Waals surface area contributed by atoms with Gasteiger partial charge in [-0.3, -0.25) is 9.59 Å². The number of aliphatic hydroxyl groups is 1. The van der Waals surface area contributed by atoms with Gasteiger partial charge in [0.15, 0.2) is 0 Å². The van der Waals surface area contributed by atoms with Crippen LogP contribution in [0.15, 0.2) is 10.6 Å². The zero-order valence-corrected chi connectivity index (χ0v) is 19.7. The number of amides is 4. The normalized spacial score (nSPS) is 34.9. The number of hydrogen-bond acceptors (Lipinski definition) is 7. The van der Waals surface area contributed by atoms with Gasteiger partial charge in [-0.1, -0.05) is 6.92 Å². The molecule has 7 atom stereocenters. The summed E-state index contributed by atoms with van der Waals surface area (Å²) in [5, 5.41) is 23.0. The molecule has 3 fully saturated rings. The summed E-state index contributed by atoms with van der Waals surface area (Å²) in [5.74, 6) is -2.32. The second-order valence-electron chi connectivity index (χ2n) is 9.37. The Morgan fingerprint density at radius 2 is 1.94 bits per heavy atom. The van der Waals surface area contributed by atoms with Gasteiger partial charge in [-0.15, -0.1) is 11.8 Å². The summed E-state index contributed by atoms with van der Waals surface area (Å²) in [6.45, 7) is 7.09. The number of aliphatic carboxylic acids is 1. The predicted molar refractivity (Wildman–Crippen MR) is 120 cm³/mol. The van der Waals surface area contributed by atoms with Crippen molar-refractivity contribution in [1.29, 1.82) is 0 Å². The van der Waals surface area contributed by atoms with E-state index in [0.717, 1.165) is 0 Å². The number of nitrogens with two attached hydrogens (primary N) is 1. The Labute approximate surface area is 196 Å². The van der Waals surface area contributed by atoms with Crippen LogP contribution < -0.4 is 11.1 Å². The highest BCUT2D eigenvalue weighted by Gasteiger charge is 2.60. The lowest BCUT2D eigenvalue weighted by molar-refractivity contribution is -0.163. The van der Waals surface area contributed by atoms with E-state index in [-0.39, 0.29) is 46.8 Å². The Bertz CT molecular complexity index is 910. The fraction of sp³-hybridized carbons (Fsp3) is 0.714. The van der Waals surface area contributed by atoms with E-state index in [1.54, 1.807) is 11.8 Å². The predicted octanol–water partition coefficient (Wildman–Crippen LogP) is -0.785. The zero-order chi connectivity index (χ0) is 24.2. The molecular weight excluding hydrogens is 450 g/mol. The Hall–Kier alpha value is -2.31. The van der Waals surface area contributed by atoms with E-state index in [0.29, 0.717) is 37.5 Å². The van der Waals surface area contributed by atoms with Crippen LogP contribution in [0, 0.1) is 11.8 Å². The number of β-lactam (4-membered cyclic amide) rings is 1. The number of aliphatic hydroxyl groups excluding tert-OH is 1. The molecule has 1 unspecified atom stereocenters. The van der Waals surface area contributed by atoms with Gasteiger partial charge in [-0.25, -0.2) is 9.59 Å². The number of nitrogens with zero attached hydrogens (tertiary/aromatic N) is 3. The first-order valence-electron chi connectivity index (χ1n) is 11.3. The van der Waals surface area contributed by atoms with Crippen molar-refractivity contribution in [2.45, 2.75) is 56.7 Å². The monoisotopic (exact) mass is 481 g/mol. The van der Waals surface area contributed by atoms with Crippen LogP contribution in [-0.2, 0) is 14.4 Å². The maximum atomic E-state index is 13.1. The first kappa shape index (κ1) is 23.8. The van der Waals surface area contributed by atoms with Crippen LogP contribution in [-0.4, -0.2) is 104 Å². The van der Waals surface area contributed by atoms with Gasteiger partial charge in [0.25, 0.3) is 0 Å². The van der Waals surface area contributed by atoms with E-state index in [1.165, 1.54) is 21.6 Å². The van der Waals surface area contributed by atoms with Crippen molar-refractivity contribution in [2.24, 2.45) is 17.6 Å². The van der Waals surface area contributed by atoms with Crippen molar-refractivity contribution in [3.05, 3.63) is 10.6 Å². The third kappa shape index (κ3) is 3.97. The SMILES string of the molecule is CC1CN(C(N)=O)CCN1C(=O)[C@@H]1C[C@H](SC2=C(C(=O)O)N3C(=O)[C@H]([C@@H](C)O)[C@H]3[C@H]2C)CN1. The minimum Gasteiger partial charge on any atom is -0.477 e. The highest BCUT2D eigenvalue weighted by atomic mass is 32.2. The van der Waals surface area contributed by atoms with Crippen LogP contribution in [0.25, 0.3) is 0 Å². The number of hydrogen-bond donors (Lipinski definition) is 4. The van der Waals surface area contributed by atoms with E-state index >= 15 is 0 Å². The molecule has 0 aromatic carbocycles. The van der Waals surface area contributed by atoms with Crippen LogP contribution in [0.5, 0.6) is 0 Å². The molecule has 5 N–H and O–H groups in total. The molecule has 4 heterocycles. The third-order valence-electron chi connectivity index (χ3n) is 7.22. The number of fused-ring (bicyclic) bond motifs is 1. The first-order valence-corrected chi connectivity index (χ1v) is 12.1. The van der Waals surface area contributed by atoms with Crippen molar-refractivity contribution in [3.63, 3.8) is 0 Å². The van der Waals surface area contributed by atoms with E-state index in [9.17, 15) is 29.4 Å². The van der Waals surface area contributed by atoms with Crippen molar-refractivity contribution in [1.82, 2.24) is 20.0 Å². The average molecular weight is 482 g/mol. The number of carboxylic acids is 1. The molecule has 0 aromatic rings. The van der Waals surface area contributed by atoms with Crippen molar-refractivity contribution >= 4 is 35.6 Å². The molecule has 4 aliphatic heterocycles. The lowest BCUT2D eigenvalue weighted by Gasteiger charge is -2.46. The molecule has 182 valence electrons. The topological polar surface area (TPSA) is 157 Å². The summed E-state index contributed by atoms with van der Waals surface area (Å²) >= 11 is 1.42. The second kappa shape index (κ2) is 8.80. The first-order chi connectivity index (χ1) is 15.5. The van der Waals surface area contributed by atoms with Gasteiger partial charge in [0.05, 0.1) is 24.1 Å². The Morgan fingerprint density at radius 1 is 1.24 bits per heavy atom. The van der Waals surface area contributed by atoms with Gasteiger partial charge in [0.2, 0.25) is 11.8 Å². The summed E-state index contributed by atoms with van der Waals surface area (Å²) in [7, 11) is 0. The maximum Gasteiger partial charge on any atom is 0.353 e. The van der Waals surface area contributed by atoms with Crippen LogP contribution in [0.4, 0.5) is 4.79 Å². The molecule has 0 saturated carbocycles. The van der Waals surface area contributed by atoms with Crippen LogP contribution in [0.1, 0.15) is 27.2 Å². The minimum absolute atomic E-state index is 0.00497. The van der Waals surface area contributed by atoms with Gasteiger partial charge in [-0.2, -0.15) is 0 Å². The number of carbonyl (C=O) groups is 4. The second-order valence-corrected chi connectivity index (χ2v) is 10.7. The van der Waals surface area contributed by atoms with Gasteiger partial charge in [0, 0.05) is 48.3 Å². The van der Waals surface area contributed by atoms with Crippen molar-refractivity contribution < 1.29 is 29.4 Å². The molecular formula is C21H31N5O6S. The Balaban J connectivity index is 1.42. The molecule has 33 heavy (non-hydrogen) atoms. The molecule has 12 heteroatoms.